The smallest absolute Gasteiger partial charge is 0.208 e. The molecule has 3 heteroatoms. The fourth-order valence-electron chi connectivity index (χ4n) is 0.355. The Morgan fingerprint density at radius 2 is 2.43 bits per heavy atom. The molecular weight excluding hydrogens is 106 g/mol. The highest BCUT2D eigenvalue weighted by Crippen LogP contribution is 1.89. The van der Waals surface area contributed by atoms with Gasteiger partial charge in [-0.3, -0.25) is 0 Å². The van der Waals surface area contributed by atoms with Crippen molar-refractivity contribution in [2.75, 3.05) is 0 Å². The summed E-state index contributed by atoms with van der Waals surface area (Å²) < 4.78 is 0. The standard InChI is InChI=1S/C4H12NOSi/c1-2-4(5)3-7-6/h4H,2-3,5,7H2,1H3. The van der Waals surface area contributed by atoms with Crippen LogP contribution >= 0.6 is 0 Å². The van der Waals surface area contributed by atoms with Gasteiger partial charge < -0.3 is 10.5 Å². The van der Waals surface area contributed by atoms with Crippen LogP contribution in [0.15, 0.2) is 0 Å². The molecular formula is C4H12NOSi. The first kappa shape index (κ1) is 7.14. The average molecular weight is 118 g/mol. The molecule has 0 saturated heterocycles. The molecule has 0 aliphatic rings. The van der Waals surface area contributed by atoms with E-state index in [1.807, 2.05) is 6.92 Å². The maximum absolute atomic E-state index is 9.96. The SMILES string of the molecule is CCC(N)C[SiH2][O]. The van der Waals surface area contributed by atoms with E-state index in [0.29, 0.717) is 0 Å². The van der Waals surface area contributed by atoms with Crippen LogP contribution in [0.25, 0.3) is 0 Å². The van der Waals surface area contributed by atoms with E-state index in [4.69, 9.17) is 5.73 Å². The van der Waals surface area contributed by atoms with Crippen molar-refractivity contribution in [1.82, 2.24) is 0 Å². The molecule has 0 amide bonds. The highest BCUT2D eigenvalue weighted by atomic mass is 28.2. The first-order valence-electron chi connectivity index (χ1n) is 2.65. The van der Waals surface area contributed by atoms with Crippen molar-refractivity contribution in [2.45, 2.75) is 25.4 Å². The summed E-state index contributed by atoms with van der Waals surface area (Å²) in [6.07, 6.45) is 0.954. The van der Waals surface area contributed by atoms with Crippen molar-refractivity contribution in [3.05, 3.63) is 0 Å². The number of hydrogen-bond donors (Lipinski definition) is 1. The summed E-state index contributed by atoms with van der Waals surface area (Å²) in [4.78, 5) is 9.96. The fourth-order valence-corrected chi connectivity index (χ4v) is 1.07. The summed E-state index contributed by atoms with van der Waals surface area (Å²) in [7, 11) is -1.02. The summed E-state index contributed by atoms with van der Waals surface area (Å²) in [6, 6.07) is 0.959. The third-order valence-electron chi connectivity index (χ3n) is 1.01. The normalized spacial score (nSPS) is 15.9. The minimum absolute atomic E-state index is 0.198. The van der Waals surface area contributed by atoms with Crippen LogP contribution in [-0.4, -0.2) is 15.8 Å². The van der Waals surface area contributed by atoms with Gasteiger partial charge in [-0.05, 0) is 12.5 Å². The lowest BCUT2D eigenvalue weighted by molar-refractivity contribution is 0.465. The lowest BCUT2D eigenvalue weighted by atomic mass is 10.3. The molecule has 2 N–H and O–H groups in total. The van der Waals surface area contributed by atoms with Crippen LogP contribution in [0.1, 0.15) is 13.3 Å². The van der Waals surface area contributed by atoms with Gasteiger partial charge >= 0.3 is 0 Å². The Labute approximate surface area is 46.7 Å². The summed E-state index contributed by atoms with van der Waals surface area (Å²) >= 11 is 0. The Bertz CT molecular complexity index is 42.7. The maximum Gasteiger partial charge on any atom is 0.208 e. The van der Waals surface area contributed by atoms with Crippen LogP contribution in [0.4, 0.5) is 0 Å². The Morgan fingerprint density at radius 1 is 1.86 bits per heavy atom. The molecule has 0 aliphatic heterocycles. The lowest BCUT2D eigenvalue weighted by Gasteiger charge is -2.01. The van der Waals surface area contributed by atoms with Crippen LogP contribution < -0.4 is 5.73 Å². The Hall–Kier alpha value is 0.137. The minimum Gasteiger partial charge on any atom is -0.328 e. The quantitative estimate of drug-likeness (QED) is 0.506. The molecule has 0 rings (SSSR count). The molecule has 1 unspecified atom stereocenters. The highest BCUT2D eigenvalue weighted by molar-refractivity contribution is 6.25. The summed E-state index contributed by atoms with van der Waals surface area (Å²) in [5, 5.41) is 0. The molecule has 0 bridgehead atoms. The van der Waals surface area contributed by atoms with Crippen LogP contribution in [0.2, 0.25) is 6.04 Å². The van der Waals surface area contributed by atoms with E-state index in [0.717, 1.165) is 12.5 Å². The first-order valence-corrected chi connectivity index (χ1v) is 4.22. The van der Waals surface area contributed by atoms with Crippen molar-refractivity contribution in [3.8, 4) is 0 Å². The summed E-state index contributed by atoms with van der Waals surface area (Å²) in [6.45, 7) is 2.01. The molecule has 7 heavy (non-hydrogen) atoms. The zero-order chi connectivity index (χ0) is 5.70. The predicted molar refractivity (Wildman–Crippen MR) is 32.3 cm³/mol. The van der Waals surface area contributed by atoms with Crippen molar-refractivity contribution in [3.63, 3.8) is 0 Å². The van der Waals surface area contributed by atoms with E-state index in [2.05, 4.69) is 0 Å². The largest absolute Gasteiger partial charge is 0.328 e. The van der Waals surface area contributed by atoms with Crippen LogP contribution in [0, 0.1) is 0 Å². The lowest BCUT2D eigenvalue weighted by Crippen LogP contribution is -2.19. The molecule has 2 nitrogen and oxygen atoms in total. The van der Waals surface area contributed by atoms with Gasteiger partial charge in [-0.25, -0.2) is 0 Å². The summed E-state index contributed by atoms with van der Waals surface area (Å²) in [5.41, 5.74) is 5.42. The van der Waals surface area contributed by atoms with Gasteiger partial charge in [0.2, 0.25) is 9.76 Å². The second-order valence-electron chi connectivity index (χ2n) is 1.66. The third kappa shape index (κ3) is 3.98. The zero-order valence-corrected chi connectivity index (χ0v) is 6.10. The van der Waals surface area contributed by atoms with Crippen LogP contribution in [0.3, 0.4) is 0 Å². The molecule has 1 radical (unpaired) electrons. The molecule has 0 aromatic carbocycles. The molecule has 0 spiro atoms. The minimum atomic E-state index is -1.02. The van der Waals surface area contributed by atoms with Crippen LogP contribution in [-0.2, 0) is 4.80 Å². The first-order chi connectivity index (χ1) is 3.31. The summed E-state index contributed by atoms with van der Waals surface area (Å²) in [5.74, 6) is 0. The third-order valence-corrected chi connectivity index (χ3v) is 1.99. The predicted octanol–water partition coefficient (Wildman–Crippen LogP) is -0.344. The van der Waals surface area contributed by atoms with Gasteiger partial charge in [0.15, 0.2) is 0 Å². The van der Waals surface area contributed by atoms with E-state index < -0.39 is 9.76 Å². The van der Waals surface area contributed by atoms with Gasteiger partial charge in [0.25, 0.3) is 0 Å². The molecule has 1 atom stereocenters. The zero-order valence-electron chi connectivity index (χ0n) is 4.68. The second kappa shape index (κ2) is 4.30. The van der Waals surface area contributed by atoms with E-state index in [-0.39, 0.29) is 6.04 Å². The fraction of sp³-hybridized carbons (Fsp3) is 1.00. The molecule has 0 aromatic rings. The Morgan fingerprint density at radius 3 is 2.57 bits per heavy atom. The number of rotatable bonds is 3. The van der Waals surface area contributed by atoms with Gasteiger partial charge in [0.05, 0.1) is 0 Å². The van der Waals surface area contributed by atoms with E-state index in [1.165, 1.54) is 0 Å². The van der Waals surface area contributed by atoms with Gasteiger partial charge in [-0.1, -0.05) is 6.92 Å². The molecule has 0 fully saturated rings. The maximum atomic E-state index is 9.96. The molecule has 43 valence electrons. The van der Waals surface area contributed by atoms with Crippen molar-refractivity contribution in [2.24, 2.45) is 5.73 Å². The Balaban J connectivity index is 2.83. The van der Waals surface area contributed by atoms with Gasteiger partial charge in [0, 0.05) is 6.04 Å². The second-order valence-corrected chi connectivity index (χ2v) is 2.65. The van der Waals surface area contributed by atoms with Gasteiger partial charge in [0.1, 0.15) is 0 Å². The topological polar surface area (TPSA) is 45.9 Å². The number of nitrogens with two attached hydrogens (primary N) is 1. The Kier molecular flexibility index (Phi) is 4.38. The molecule has 0 heterocycles. The van der Waals surface area contributed by atoms with Crippen LogP contribution in [0.5, 0.6) is 0 Å². The highest BCUT2D eigenvalue weighted by Gasteiger charge is 1.95. The van der Waals surface area contributed by atoms with Crippen molar-refractivity contribution >= 4 is 9.76 Å². The number of hydrogen-bond acceptors (Lipinski definition) is 1. The van der Waals surface area contributed by atoms with E-state index in [1.54, 1.807) is 0 Å². The van der Waals surface area contributed by atoms with Gasteiger partial charge in [-0.15, -0.1) is 0 Å². The van der Waals surface area contributed by atoms with Crippen molar-refractivity contribution < 1.29 is 4.80 Å². The molecule has 0 aliphatic carbocycles. The van der Waals surface area contributed by atoms with Crippen molar-refractivity contribution in [1.29, 1.82) is 0 Å². The molecule has 0 saturated carbocycles. The van der Waals surface area contributed by atoms with E-state index in [9.17, 15) is 4.80 Å². The monoisotopic (exact) mass is 118 g/mol. The van der Waals surface area contributed by atoms with E-state index >= 15 is 0 Å². The average Bonchev–Trinajstić information content (AvgIpc) is 1.68. The molecule has 0 aromatic heterocycles. The van der Waals surface area contributed by atoms with Gasteiger partial charge in [-0.2, -0.15) is 0 Å².